The third kappa shape index (κ3) is 1.95. The summed E-state index contributed by atoms with van der Waals surface area (Å²) in [7, 11) is 2.18. The zero-order chi connectivity index (χ0) is 20.0. The van der Waals surface area contributed by atoms with Gasteiger partial charge in [-0.05, 0) is 54.3 Å². The Bertz CT molecular complexity index is 1620. The van der Waals surface area contributed by atoms with Crippen molar-refractivity contribution in [2.24, 2.45) is 7.05 Å². The molecule has 1 saturated carbocycles. The van der Waals surface area contributed by atoms with Crippen molar-refractivity contribution in [1.29, 1.82) is 0 Å². The number of aromatic nitrogens is 3. The maximum absolute atomic E-state index is 4.46. The van der Waals surface area contributed by atoms with Gasteiger partial charge in [-0.15, -0.1) is 0 Å². The van der Waals surface area contributed by atoms with E-state index in [4.69, 9.17) is 0 Å². The average Bonchev–Trinajstić information content (AvgIpc) is 3.41. The first-order chi connectivity index (χ1) is 14.7. The van der Waals surface area contributed by atoms with Crippen LogP contribution in [0.25, 0.3) is 49.0 Å². The molecule has 1 fully saturated rings. The molecule has 7 rings (SSSR count). The maximum Gasteiger partial charge on any atom is 0.224 e. The van der Waals surface area contributed by atoms with Crippen LogP contribution in [0, 0.1) is 6.92 Å². The van der Waals surface area contributed by atoms with E-state index in [0.29, 0.717) is 5.92 Å². The Kier molecular flexibility index (Phi) is 3.15. The molecule has 30 heavy (non-hydrogen) atoms. The quantitative estimate of drug-likeness (QED) is 0.187. The van der Waals surface area contributed by atoms with Gasteiger partial charge in [0.15, 0.2) is 6.20 Å². The van der Waals surface area contributed by atoms with Crippen molar-refractivity contribution in [3.05, 3.63) is 66.1 Å². The molecule has 0 radical (unpaired) electrons. The second kappa shape index (κ2) is 5.69. The molecule has 1 aliphatic carbocycles. The van der Waals surface area contributed by atoms with Gasteiger partial charge in [0.2, 0.25) is 5.52 Å². The first-order valence-electron chi connectivity index (χ1n) is 11.1. The van der Waals surface area contributed by atoms with Gasteiger partial charge in [-0.25, -0.2) is 4.57 Å². The summed E-state index contributed by atoms with van der Waals surface area (Å²) >= 11 is 0. The van der Waals surface area contributed by atoms with Gasteiger partial charge in [-0.3, -0.25) is 4.98 Å². The maximum atomic E-state index is 4.46. The van der Waals surface area contributed by atoms with Crippen molar-refractivity contribution in [3.8, 4) is 0 Å². The van der Waals surface area contributed by atoms with Crippen molar-refractivity contribution < 1.29 is 4.57 Å². The molecule has 2 aromatic carbocycles. The lowest BCUT2D eigenvalue weighted by atomic mass is 9.92. The smallest absolute Gasteiger partial charge is 0.224 e. The van der Waals surface area contributed by atoms with Crippen LogP contribution in [0.5, 0.6) is 0 Å². The number of nitrogens with zero attached hydrogens (tertiary/aromatic N) is 3. The second-order valence-corrected chi connectivity index (χ2v) is 9.14. The lowest BCUT2D eigenvalue weighted by Crippen LogP contribution is -2.29. The highest BCUT2D eigenvalue weighted by molar-refractivity contribution is 6.25. The van der Waals surface area contributed by atoms with E-state index in [1.165, 1.54) is 85.8 Å². The van der Waals surface area contributed by atoms with Gasteiger partial charge >= 0.3 is 0 Å². The monoisotopic (exact) mass is 390 g/mol. The summed E-state index contributed by atoms with van der Waals surface area (Å²) in [4.78, 5) is 4.46. The molecule has 3 heteroatoms. The molecule has 0 unspecified atom stereocenters. The molecular weight excluding hydrogens is 366 g/mol. The molecule has 4 aromatic heterocycles. The van der Waals surface area contributed by atoms with Crippen LogP contribution in [0.4, 0.5) is 0 Å². The molecule has 0 saturated heterocycles. The third-order valence-electron chi connectivity index (χ3n) is 7.48. The number of benzene rings is 2. The standard InChI is InChI=1S/C27H24N3/c1-16-7-8-20-21-15-28-11-9-22(21)30-23-14-19(17-5-3-4-6-17)13-18-10-12-29(2)27(25(18)23)24(16)26(20)30/h7-15,17H,3-6H2,1-2H3/q+1. The minimum Gasteiger partial charge on any atom is -0.307 e. The van der Waals surface area contributed by atoms with E-state index in [2.05, 4.69) is 70.5 Å². The fraction of sp³-hybridized carbons (Fsp3) is 0.259. The third-order valence-corrected chi connectivity index (χ3v) is 7.48. The molecular formula is C27H24N3+. The summed E-state index contributed by atoms with van der Waals surface area (Å²) in [6.45, 7) is 2.24. The topological polar surface area (TPSA) is 21.2 Å². The molecule has 0 spiro atoms. The predicted molar refractivity (Wildman–Crippen MR) is 124 cm³/mol. The highest BCUT2D eigenvalue weighted by Crippen LogP contribution is 2.42. The number of pyridine rings is 3. The largest absolute Gasteiger partial charge is 0.307 e. The highest BCUT2D eigenvalue weighted by atomic mass is 15.0. The Balaban J connectivity index is 1.83. The summed E-state index contributed by atoms with van der Waals surface area (Å²) in [5, 5.41) is 6.63. The van der Waals surface area contributed by atoms with Crippen LogP contribution >= 0.6 is 0 Å². The zero-order valence-corrected chi connectivity index (χ0v) is 17.4. The van der Waals surface area contributed by atoms with Crippen LogP contribution in [0.2, 0.25) is 0 Å². The lowest BCUT2D eigenvalue weighted by molar-refractivity contribution is -0.643. The molecule has 4 heterocycles. The van der Waals surface area contributed by atoms with Crippen LogP contribution in [0.3, 0.4) is 0 Å². The molecule has 3 nitrogen and oxygen atoms in total. The molecule has 0 amide bonds. The van der Waals surface area contributed by atoms with E-state index < -0.39 is 0 Å². The van der Waals surface area contributed by atoms with E-state index in [0.717, 1.165) is 0 Å². The molecule has 0 atom stereocenters. The fourth-order valence-electron chi connectivity index (χ4n) is 6.08. The van der Waals surface area contributed by atoms with Gasteiger partial charge in [-0.1, -0.05) is 31.0 Å². The van der Waals surface area contributed by atoms with Crippen molar-refractivity contribution >= 4 is 49.0 Å². The highest BCUT2D eigenvalue weighted by Gasteiger charge is 2.25. The van der Waals surface area contributed by atoms with Gasteiger partial charge in [-0.2, -0.15) is 0 Å². The summed E-state index contributed by atoms with van der Waals surface area (Å²) in [6.07, 6.45) is 11.5. The van der Waals surface area contributed by atoms with Gasteiger partial charge in [0.05, 0.1) is 27.3 Å². The minimum absolute atomic E-state index is 0.695. The van der Waals surface area contributed by atoms with Crippen LogP contribution in [0.15, 0.2) is 55.0 Å². The van der Waals surface area contributed by atoms with Crippen LogP contribution < -0.4 is 4.57 Å². The summed E-state index contributed by atoms with van der Waals surface area (Å²) in [5.74, 6) is 0.695. The second-order valence-electron chi connectivity index (χ2n) is 9.14. The Morgan fingerprint density at radius 2 is 1.83 bits per heavy atom. The number of hydrogen-bond acceptors (Lipinski definition) is 1. The first kappa shape index (κ1) is 16.6. The predicted octanol–water partition coefficient (Wildman–Crippen LogP) is 6.18. The fourth-order valence-corrected chi connectivity index (χ4v) is 6.08. The molecule has 146 valence electrons. The van der Waals surface area contributed by atoms with E-state index in [1.54, 1.807) is 0 Å². The number of hydrogen-bond donors (Lipinski definition) is 0. The van der Waals surface area contributed by atoms with Crippen molar-refractivity contribution in [2.45, 2.75) is 38.5 Å². The van der Waals surface area contributed by atoms with Crippen LogP contribution in [-0.2, 0) is 7.05 Å². The van der Waals surface area contributed by atoms with Gasteiger partial charge in [0.1, 0.15) is 7.05 Å². The summed E-state index contributed by atoms with van der Waals surface area (Å²) in [5.41, 5.74) is 8.10. The molecule has 0 aliphatic heterocycles. The Morgan fingerprint density at radius 3 is 2.70 bits per heavy atom. The van der Waals surface area contributed by atoms with Crippen molar-refractivity contribution in [2.75, 3.05) is 0 Å². The number of aryl methyl sites for hydroxylation is 2. The van der Waals surface area contributed by atoms with Crippen molar-refractivity contribution in [1.82, 2.24) is 9.38 Å². The normalized spacial score (nSPS) is 15.7. The SMILES string of the molecule is Cc1ccc2c3cnccc3n3c4cc(C5CCCC5)cc5cc[n+](C)c(c1c23)c54. The van der Waals surface area contributed by atoms with Gasteiger partial charge < -0.3 is 4.40 Å². The van der Waals surface area contributed by atoms with Crippen LogP contribution in [0.1, 0.15) is 42.7 Å². The minimum atomic E-state index is 0.695. The first-order valence-corrected chi connectivity index (χ1v) is 11.1. The Hall–Kier alpha value is -3.20. The molecule has 6 aromatic rings. The average molecular weight is 391 g/mol. The molecule has 0 bridgehead atoms. The summed E-state index contributed by atoms with van der Waals surface area (Å²) in [6, 6.07) is 14.0. The zero-order valence-electron chi connectivity index (χ0n) is 17.4. The van der Waals surface area contributed by atoms with E-state index in [9.17, 15) is 0 Å². The van der Waals surface area contributed by atoms with E-state index in [1.807, 2.05) is 12.4 Å². The van der Waals surface area contributed by atoms with E-state index >= 15 is 0 Å². The summed E-state index contributed by atoms with van der Waals surface area (Å²) < 4.78 is 4.82. The molecule has 1 aliphatic rings. The Labute approximate surface area is 174 Å². The van der Waals surface area contributed by atoms with Crippen LogP contribution in [-0.4, -0.2) is 9.38 Å². The Morgan fingerprint density at radius 1 is 0.967 bits per heavy atom. The lowest BCUT2D eigenvalue weighted by Gasteiger charge is -2.16. The number of rotatable bonds is 1. The van der Waals surface area contributed by atoms with Gasteiger partial charge in [0, 0.05) is 29.2 Å². The molecule has 0 N–H and O–H groups in total. The van der Waals surface area contributed by atoms with E-state index in [-0.39, 0.29) is 0 Å². The number of fused-ring (bicyclic) bond motifs is 5. The van der Waals surface area contributed by atoms with Gasteiger partial charge in [0.25, 0.3) is 0 Å². The van der Waals surface area contributed by atoms with Crippen molar-refractivity contribution in [3.63, 3.8) is 0 Å².